The van der Waals surface area contributed by atoms with Crippen molar-refractivity contribution in [3.8, 4) is 5.75 Å². The largest absolute Gasteiger partial charge is 0.491 e. The minimum absolute atomic E-state index is 0.0432. The van der Waals surface area contributed by atoms with Crippen LogP contribution in [0.25, 0.3) is 0 Å². The molecule has 1 aliphatic carbocycles. The molecule has 1 amide bonds. The van der Waals surface area contributed by atoms with Gasteiger partial charge in [-0.05, 0) is 79.7 Å². The molecule has 39 heavy (non-hydrogen) atoms. The molecule has 0 aromatic heterocycles. The molecule has 2 bridgehead atoms. The zero-order chi connectivity index (χ0) is 27.4. The van der Waals surface area contributed by atoms with E-state index in [1.807, 2.05) is 25.1 Å². The van der Waals surface area contributed by atoms with Crippen LogP contribution >= 0.6 is 0 Å². The molecule has 2 aliphatic heterocycles. The van der Waals surface area contributed by atoms with Crippen molar-refractivity contribution in [2.24, 2.45) is 22.1 Å². The second kappa shape index (κ2) is 12.9. The summed E-state index contributed by atoms with van der Waals surface area (Å²) in [6.45, 7) is 4.16. The summed E-state index contributed by atoms with van der Waals surface area (Å²) in [7, 11) is 0.202. The third-order valence-corrected chi connectivity index (χ3v) is 9.76. The molecule has 6 nitrogen and oxygen atoms in total. The van der Waals surface area contributed by atoms with Crippen LogP contribution in [0.4, 0.5) is 5.69 Å². The number of nitrogens with zero attached hydrogens (tertiary/aromatic N) is 2. The van der Waals surface area contributed by atoms with E-state index in [2.05, 4.69) is 33.5 Å². The molecule has 0 radical (unpaired) electrons. The summed E-state index contributed by atoms with van der Waals surface area (Å²) >= 11 is 5.51. The lowest BCUT2D eigenvalue weighted by Crippen LogP contribution is -2.43. The molecular weight excluding hydrogens is 532 g/mol. The quantitative estimate of drug-likeness (QED) is 0.309. The third-order valence-electron chi connectivity index (χ3n) is 8.28. The Balaban J connectivity index is 1.60. The SMILES string of the molecule is COC1C=CCC(C)C[S-](=O)=NC(=O)c2ccc3c(c2)N(Cc2ccc([ClH+])cc2CCCCO3)CC2CCC21. The van der Waals surface area contributed by atoms with Crippen molar-refractivity contribution in [2.75, 3.05) is 30.9 Å². The first-order chi connectivity index (χ1) is 18.9. The molecule has 1 saturated carbocycles. The van der Waals surface area contributed by atoms with Crippen molar-refractivity contribution in [3.63, 3.8) is 0 Å². The van der Waals surface area contributed by atoms with E-state index >= 15 is 0 Å². The second-order valence-electron chi connectivity index (χ2n) is 11.2. The number of aryl methyl sites for hydroxylation is 1. The fourth-order valence-electron chi connectivity index (χ4n) is 5.93. The minimum atomic E-state index is -1.59. The van der Waals surface area contributed by atoms with Crippen molar-refractivity contribution >= 4 is 22.2 Å². The van der Waals surface area contributed by atoms with Gasteiger partial charge in [-0.15, -0.1) is 0 Å². The molecule has 2 heterocycles. The van der Waals surface area contributed by atoms with Crippen molar-refractivity contribution < 1.29 is 30.1 Å². The first-order valence-electron chi connectivity index (χ1n) is 14.1. The highest BCUT2D eigenvalue weighted by Crippen LogP contribution is 2.42. The summed E-state index contributed by atoms with van der Waals surface area (Å²) in [5, 5.41) is 0.860. The molecule has 3 aliphatic rings. The molecule has 0 spiro atoms. The van der Waals surface area contributed by atoms with Crippen LogP contribution in [-0.4, -0.2) is 38.0 Å². The zero-order valence-corrected chi connectivity index (χ0v) is 24.5. The van der Waals surface area contributed by atoms with E-state index in [4.69, 9.17) is 21.1 Å². The Labute approximate surface area is 238 Å². The number of rotatable bonds is 1. The number of hydrogen-bond donors (Lipinski definition) is 0. The van der Waals surface area contributed by atoms with E-state index in [0.29, 0.717) is 36.3 Å². The standard InChI is InChI=1S/C31H39ClN2O4S/c1-21-6-5-8-29(37-2)27-13-10-25(27)19-34-18-24-9-12-26(32)16-22(24)7-3-4-15-38-30-14-11-23(17-28(30)34)31(35)33-39(36)20-21/h5,8-9,11-12,14,16-17,21,25,27,29,32H,3-4,6-7,10,13,15,18-20H2,1-2H3. The molecule has 4 atom stereocenters. The number of ether oxygens (including phenoxy) is 2. The summed E-state index contributed by atoms with van der Waals surface area (Å²) in [5.74, 6) is 1.68. The topological polar surface area (TPSA) is 68.2 Å². The number of anilines is 1. The molecule has 1 fully saturated rings. The van der Waals surface area contributed by atoms with Crippen molar-refractivity contribution in [2.45, 2.75) is 58.1 Å². The lowest BCUT2D eigenvalue weighted by molar-refractivity contribution is -0.289. The van der Waals surface area contributed by atoms with Gasteiger partial charge in [0.25, 0.3) is 5.91 Å². The number of fused-ring (bicyclic) bond motifs is 3. The molecule has 210 valence electrons. The van der Waals surface area contributed by atoms with Gasteiger partial charge in [-0.1, -0.05) is 36.8 Å². The van der Waals surface area contributed by atoms with Crippen LogP contribution < -0.4 is 9.64 Å². The maximum atomic E-state index is 13.1. The molecule has 4 unspecified atom stereocenters. The Hall–Kier alpha value is -2.35. The Kier molecular flexibility index (Phi) is 9.31. The summed E-state index contributed by atoms with van der Waals surface area (Å²) in [6.07, 6.45) is 10.3. The van der Waals surface area contributed by atoms with Gasteiger partial charge in [-0.2, -0.15) is 10.6 Å². The lowest BCUT2D eigenvalue weighted by Gasteiger charge is -2.43. The van der Waals surface area contributed by atoms with Crippen LogP contribution in [0.5, 0.6) is 5.75 Å². The lowest BCUT2D eigenvalue weighted by atomic mass is 9.70. The summed E-state index contributed by atoms with van der Waals surface area (Å²) in [4.78, 5) is 15.5. The molecule has 8 heteroatoms. The first kappa shape index (κ1) is 28.2. The molecule has 2 aromatic rings. The van der Waals surface area contributed by atoms with E-state index in [1.54, 1.807) is 13.2 Å². The number of benzene rings is 2. The fraction of sp³-hybridized carbons (Fsp3) is 0.516. The second-order valence-corrected chi connectivity index (χ2v) is 12.8. The van der Waals surface area contributed by atoms with Crippen LogP contribution in [0.1, 0.15) is 60.5 Å². The maximum Gasteiger partial charge on any atom is 0.254 e. The van der Waals surface area contributed by atoms with Gasteiger partial charge in [-0.25, -0.2) is 0 Å². The molecule has 5 rings (SSSR count). The Bertz CT molecular complexity index is 1310. The Morgan fingerprint density at radius 2 is 2.00 bits per heavy atom. The predicted molar refractivity (Wildman–Crippen MR) is 153 cm³/mol. The fourth-order valence-corrected chi connectivity index (χ4v) is 7.13. The van der Waals surface area contributed by atoms with Crippen LogP contribution in [0.2, 0.25) is 5.02 Å². The highest BCUT2D eigenvalue weighted by atomic mass is 35.5. The Morgan fingerprint density at radius 3 is 2.79 bits per heavy atom. The summed E-state index contributed by atoms with van der Waals surface area (Å²) < 4.78 is 29.0. The Morgan fingerprint density at radius 1 is 1.13 bits per heavy atom. The average molecular weight is 571 g/mol. The highest BCUT2D eigenvalue weighted by Gasteiger charge is 2.38. The van der Waals surface area contributed by atoms with E-state index in [1.165, 1.54) is 11.1 Å². The number of allylic oxidation sites excluding steroid dienone is 1. The molecule has 0 saturated heterocycles. The van der Waals surface area contributed by atoms with Crippen LogP contribution in [0, 0.1) is 29.4 Å². The number of carbonyl (C=O) groups is 1. The smallest absolute Gasteiger partial charge is 0.254 e. The van der Waals surface area contributed by atoms with Gasteiger partial charge in [0.1, 0.15) is 5.75 Å². The molecule has 2 aromatic carbocycles. The van der Waals surface area contributed by atoms with E-state index in [0.717, 1.165) is 61.5 Å². The van der Waals surface area contributed by atoms with Crippen molar-refractivity contribution in [1.29, 1.82) is 0 Å². The minimum Gasteiger partial charge on any atom is -0.491 e. The molecule has 0 N–H and O–H groups in total. The highest BCUT2D eigenvalue weighted by molar-refractivity contribution is 7.75. The van der Waals surface area contributed by atoms with Crippen LogP contribution in [0.15, 0.2) is 52.9 Å². The van der Waals surface area contributed by atoms with Crippen LogP contribution in [-0.2, 0) is 32.5 Å². The predicted octanol–water partition coefficient (Wildman–Crippen LogP) is 6.03. The monoisotopic (exact) mass is 570 g/mol. The molecular formula is C31H39ClN2O4S. The van der Waals surface area contributed by atoms with Gasteiger partial charge in [0.05, 0.1) is 18.4 Å². The third kappa shape index (κ3) is 6.87. The van der Waals surface area contributed by atoms with Gasteiger partial charge >= 0.3 is 0 Å². The van der Waals surface area contributed by atoms with Gasteiger partial charge in [0.2, 0.25) is 5.02 Å². The zero-order valence-electron chi connectivity index (χ0n) is 22.8. The van der Waals surface area contributed by atoms with Crippen LogP contribution in [0.3, 0.4) is 0 Å². The number of amides is 1. The van der Waals surface area contributed by atoms with Gasteiger partial charge < -0.3 is 22.9 Å². The summed E-state index contributed by atoms with van der Waals surface area (Å²) in [5.41, 5.74) is 3.85. The van der Waals surface area contributed by atoms with Gasteiger partial charge in [-0.3, -0.25) is 4.79 Å². The summed E-state index contributed by atoms with van der Waals surface area (Å²) in [6, 6.07) is 11.8. The number of halogens is 1. The number of methoxy groups -OCH3 is 1. The average Bonchev–Trinajstić information content (AvgIpc) is 2.92. The van der Waals surface area contributed by atoms with E-state index in [-0.39, 0.29) is 12.0 Å². The van der Waals surface area contributed by atoms with Crippen molar-refractivity contribution in [1.82, 2.24) is 0 Å². The van der Waals surface area contributed by atoms with Crippen molar-refractivity contribution in [3.05, 3.63) is 70.3 Å². The van der Waals surface area contributed by atoms with E-state index in [9.17, 15) is 9.00 Å². The number of carbonyl (C=O) groups excluding carboxylic acids is 1. The van der Waals surface area contributed by atoms with E-state index < -0.39 is 16.5 Å². The maximum absolute atomic E-state index is 13.1. The van der Waals surface area contributed by atoms with Gasteiger partial charge in [0.15, 0.2) is 11.6 Å². The number of hydrogen-bond acceptors (Lipinski definition) is 6. The normalized spacial score (nSPS) is 26.7. The first-order valence-corrected chi connectivity index (χ1v) is 15.7. The van der Waals surface area contributed by atoms with Gasteiger partial charge in [0, 0.05) is 37.9 Å².